The number of benzene rings is 1. The Balaban J connectivity index is 2.04. The predicted molar refractivity (Wildman–Crippen MR) is 55.1 cm³/mol. The summed E-state index contributed by atoms with van der Waals surface area (Å²) in [7, 11) is 0. The Morgan fingerprint density at radius 3 is 2.64 bits per heavy atom. The van der Waals surface area contributed by atoms with E-state index >= 15 is 0 Å². The molecule has 1 saturated heterocycles. The molecule has 1 aromatic carbocycles. The van der Waals surface area contributed by atoms with Crippen molar-refractivity contribution in [1.82, 2.24) is 0 Å². The molecule has 2 heteroatoms. The van der Waals surface area contributed by atoms with Crippen LogP contribution in [0, 0.1) is 0 Å². The van der Waals surface area contributed by atoms with Gasteiger partial charge in [0, 0.05) is 6.42 Å². The molecule has 2 rings (SSSR count). The summed E-state index contributed by atoms with van der Waals surface area (Å²) in [5.41, 5.74) is 1.25. The zero-order chi connectivity index (χ0) is 10.0. The van der Waals surface area contributed by atoms with Gasteiger partial charge < -0.3 is 9.47 Å². The van der Waals surface area contributed by atoms with E-state index in [1.165, 1.54) is 5.56 Å². The van der Waals surface area contributed by atoms with Crippen molar-refractivity contribution >= 4 is 0 Å². The van der Waals surface area contributed by atoms with Crippen LogP contribution in [-0.2, 0) is 15.9 Å². The summed E-state index contributed by atoms with van der Waals surface area (Å²) in [6.45, 7) is 4.74. The number of hydrogen-bond acceptors (Lipinski definition) is 2. The largest absolute Gasteiger partial charge is 0.347 e. The van der Waals surface area contributed by atoms with E-state index in [-0.39, 0.29) is 6.10 Å². The van der Waals surface area contributed by atoms with Crippen LogP contribution in [-0.4, -0.2) is 18.5 Å². The molecule has 76 valence electrons. The van der Waals surface area contributed by atoms with Crippen LogP contribution in [0.1, 0.15) is 19.4 Å². The molecule has 0 radical (unpaired) electrons. The average molecular weight is 192 g/mol. The van der Waals surface area contributed by atoms with Gasteiger partial charge in [-0.1, -0.05) is 30.3 Å². The molecule has 1 aliphatic rings. The number of hydrogen-bond donors (Lipinski definition) is 0. The summed E-state index contributed by atoms with van der Waals surface area (Å²) in [6.07, 6.45) is 1.03. The molecule has 2 unspecified atom stereocenters. The highest BCUT2D eigenvalue weighted by Gasteiger charge is 2.34. The Labute approximate surface area is 84.8 Å². The molecule has 14 heavy (non-hydrogen) atoms. The van der Waals surface area contributed by atoms with Crippen LogP contribution < -0.4 is 0 Å². The quantitative estimate of drug-likeness (QED) is 0.716. The fraction of sp³-hybridized carbons (Fsp3) is 0.500. The molecule has 0 spiro atoms. The number of rotatable bonds is 2. The van der Waals surface area contributed by atoms with Crippen LogP contribution in [0.2, 0.25) is 0 Å². The van der Waals surface area contributed by atoms with Crippen molar-refractivity contribution in [2.24, 2.45) is 0 Å². The van der Waals surface area contributed by atoms with E-state index in [2.05, 4.69) is 12.1 Å². The van der Waals surface area contributed by atoms with Gasteiger partial charge in [0.2, 0.25) is 0 Å². The Morgan fingerprint density at radius 2 is 2.07 bits per heavy atom. The smallest absolute Gasteiger partial charge is 0.170 e. The van der Waals surface area contributed by atoms with Crippen LogP contribution in [0.4, 0.5) is 0 Å². The lowest BCUT2D eigenvalue weighted by atomic mass is 10.1. The van der Waals surface area contributed by atoms with Gasteiger partial charge in [-0.25, -0.2) is 0 Å². The third kappa shape index (κ3) is 2.14. The van der Waals surface area contributed by atoms with Crippen molar-refractivity contribution in [2.75, 3.05) is 6.61 Å². The molecule has 0 amide bonds. The summed E-state index contributed by atoms with van der Waals surface area (Å²) < 4.78 is 11.4. The van der Waals surface area contributed by atoms with Crippen LogP contribution in [0.15, 0.2) is 30.3 Å². The summed E-state index contributed by atoms with van der Waals surface area (Å²) in [6, 6.07) is 10.3. The lowest BCUT2D eigenvalue weighted by Crippen LogP contribution is -2.29. The van der Waals surface area contributed by atoms with Gasteiger partial charge >= 0.3 is 0 Å². The third-order valence-electron chi connectivity index (χ3n) is 2.44. The molecule has 0 bridgehead atoms. The van der Waals surface area contributed by atoms with Crippen molar-refractivity contribution in [1.29, 1.82) is 0 Å². The maximum atomic E-state index is 5.73. The van der Waals surface area contributed by atoms with E-state index in [1.54, 1.807) is 0 Å². The van der Waals surface area contributed by atoms with E-state index < -0.39 is 5.79 Å². The van der Waals surface area contributed by atoms with E-state index in [0.29, 0.717) is 6.61 Å². The van der Waals surface area contributed by atoms with Crippen LogP contribution >= 0.6 is 0 Å². The topological polar surface area (TPSA) is 18.5 Å². The van der Waals surface area contributed by atoms with Gasteiger partial charge in [0.25, 0.3) is 0 Å². The second-order valence-corrected chi connectivity index (χ2v) is 4.04. The molecule has 1 aromatic rings. The predicted octanol–water partition coefficient (Wildman–Crippen LogP) is 2.38. The Morgan fingerprint density at radius 1 is 1.36 bits per heavy atom. The highest BCUT2D eigenvalue weighted by Crippen LogP contribution is 2.26. The van der Waals surface area contributed by atoms with Gasteiger partial charge in [-0.3, -0.25) is 0 Å². The molecule has 0 aromatic heterocycles. The van der Waals surface area contributed by atoms with E-state index in [9.17, 15) is 0 Å². The molecule has 1 fully saturated rings. The highest BCUT2D eigenvalue weighted by atomic mass is 16.7. The zero-order valence-electron chi connectivity index (χ0n) is 8.69. The minimum absolute atomic E-state index is 0.212. The third-order valence-corrected chi connectivity index (χ3v) is 2.44. The SMILES string of the molecule is CC1COC(C)(Cc2ccccc2)O1. The molecular weight excluding hydrogens is 176 g/mol. The maximum Gasteiger partial charge on any atom is 0.170 e. The first-order valence-electron chi connectivity index (χ1n) is 5.04. The Bertz CT molecular complexity index is 296. The molecule has 1 aliphatic heterocycles. The fourth-order valence-corrected chi connectivity index (χ4v) is 1.85. The summed E-state index contributed by atoms with van der Waals surface area (Å²) in [4.78, 5) is 0. The van der Waals surface area contributed by atoms with Crippen molar-refractivity contribution in [3.8, 4) is 0 Å². The van der Waals surface area contributed by atoms with Gasteiger partial charge in [-0.2, -0.15) is 0 Å². The van der Waals surface area contributed by atoms with Crippen molar-refractivity contribution < 1.29 is 9.47 Å². The van der Waals surface area contributed by atoms with Crippen molar-refractivity contribution in [3.05, 3.63) is 35.9 Å². The van der Waals surface area contributed by atoms with Crippen molar-refractivity contribution in [3.63, 3.8) is 0 Å². The molecular formula is C12H16O2. The zero-order valence-corrected chi connectivity index (χ0v) is 8.69. The van der Waals surface area contributed by atoms with Gasteiger partial charge in [0.1, 0.15) is 0 Å². The minimum Gasteiger partial charge on any atom is -0.347 e. The van der Waals surface area contributed by atoms with Crippen LogP contribution in [0.25, 0.3) is 0 Å². The lowest BCUT2D eigenvalue weighted by molar-refractivity contribution is -0.150. The summed E-state index contributed by atoms with van der Waals surface area (Å²) >= 11 is 0. The second kappa shape index (κ2) is 3.71. The minimum atomic E-state index is -0.430. The van der Waals surface area contributed by atoms with Gasteiger partial charge in [-0.05, 0) is 19.4 Å². The molecule has 0 saturated carbocycles. The maximum absolute atomic E-state index is 5.73. The summed E-state index contributed by atoms with van der Waals surface area (Å²) in [5.74, 6) is -0.430. The van der Waals surface area contributed by atoms with Gasteiger partial charge in [0.15, 0.2) is 5.79 Å². The second-order valence-electron chi connectivity index (χ2n) is 4.04. The molecule has 2 atom stereocenters. The Hall–Kier alpha value is -0.860. The summed E-state index contributed by atoms with van der Waals surface area (Å²) in [5, 5.41) is 0. The lowest BCUT2D eigenvalue weighted by Gasteiger charge is -2.22. The molecule has 0 N–H and O–H groups in total. The first-order chi connectivity index (χ1) is 6.68. The average Bonchev–Trinajstić information content (AvgIpc) is 2.47. The van der Waals surface area contributed by atoms with Crippen LogP contribution in [0.5, 0.6) is 0 Å². The van der Waals surface area contributed by atoms with Gasteiger partial charge in [-0.15, -0.1) is 0 Å². The van der Waals surface area contributed by atoms with Gasteiger partial charge in [0.05, 0.1) is 12.7 Å². The number of ether oxygens (including phenoxy) is 2. The molecule has 0 aliphatic carbocycles. The normalized spacial score (nSPS) is 32.0. The van der Waals surface area contributed by atoms with E-state index in [4.69, 9.17) is 9.47 Å². The van der Waals surface area contributed by atoms with Crippen molar-refractivity contribution in [2.45, 2.75) is 32.2 Å². The first-order valence-corrected chi connectivity index (χ1v) is 5.04. The Kier molecular flexibility index (Phi) is 2.57. The van der Waals surface area contributed by atoms with E-state index in [0.717, 1.165) is 6.42 Å². The molecule has 2 nitrogen and oxygen atoms in total. The standard InChI is InChI=1S/C12H16O2/c1-10-9-13-12(2,14-10)8-11-6-4-3-5-7-11/h3-7,10H,8-9H2,1-2H3. The monoisotopic (exact) mass is 192 g/mol. The van der Waals surface area contributed by atoms with Crippen LogP contribution in [0.3, 0.4) is 0 Å². The van der Waals surface area contributed by atoms with E-state index in [1.807, 2.05) is 32.0 Å². The highest BCUT2D eigenvalue weighted by molar-refractivity contribution is 5.16. The molecule has 1 heterocycles. The first kappa shape index (κ1) is 9.69. The fourth-order valence-electron chi connectivity index (χ4n) is 1.85.